The molecule has 0 saturated carbocycles. The first-order chi connectivity index (χ1) is 11.7. The molecule has 0 atom stereocenters. The van der Waals surface area contributed by atoms with Gasteiger partial charge < -0.3 is 10.3 Å². The number of H-pyrrole nitrogens is 1. The molecule has 0 fully saturated rings. The number of rotatable bonds is 2. The Morgan fingerprint density at radius 2 is 1.83 bits per heavy atom. The zero-order chi connectivity index (χ0) is 16.5. The lowest BCUT2D eigenvalue weighted by Crippen LogP contribution is -2.21. The van der Waals surface area contributed by atoms with Crippen LogP contribution in [0, 0.1) is 0 Å². The second-order valence-corrected chi connectivity index (χ2v) is 5.27. The molecule has 2 N–H and O–H groups in total. The van der Waals surface area contributed by atoms with Crippen molar-refractivity contribution in [3.05, 3.63) is 77.0 Å². The maximum absolute atomic E-state index is 12.7. The molecule has 2 heterocycles. The maximum atomic E-state index is 12.7. The number of nitrogens with one attached hydrogen (secondary N) is 2. The fourth-order valence-electron chi connectivity index (χ4n) is 2.66. The minimum absolute atomic E-state index is 0.0854. The highest BCUT2D eigenvalue weighted by Crippen LogP contribution is 2.22. The molecule has 0 spiro atoms. The monoisotopic (exact) mass is 316 g/mol. The van der Waals surface area contributed by atoms with Crippen molar-refractivity contribution in [2.24, 2.45) is 0 Å². The van der Waals surface area contributed by atoms with Gasteiger partial charge in [0.25, 0.3) is 5.91 Å². The molecule has 0 aliphatic rings. The van der Waals surface area contributed by atoms with Gasteiger partial charge in [-0.15, -0.1) is 0 Å². The quantitative estimate of drug-likeness (QED) is 0.595. The normalized spacial score (nSPS) is 10.8. The zero-order valence-corrected chi connectivity index (χ0v) is 12.5. The van der Waals surface area contributed by atoms with Crippen LogP contribution in [-0.2, 0) is 0 Å². The first-order valence-corrected chi connectivity index (χ1v) is 7.36. The number of hydrogen-bond donors (Lipinski definition) is 2. The van der Waals surface area contributed by atoms with Crippen LogP contribution in [0.2, 0.25) is 0 Å². The number of anilines is 1. The summed E-state index contributed by atoms with van der Waals surface area (Å²) in [5, 5.41) is 4.31. The Morgan fingerprint density at radius 3 is 2.75 bits per heavy atom. The molecular formula is C18H12N4O2. The molecule has 0 saturated heterocycles. The second-order valence-electron chi connectivity index (χ2n) is 5.27. The van der Waals surface area contributed by atoms with E-state index >= 15 is 0 Å². The van der Waals surface area contributed by atoms with Gasteiger partial charge in [-0.2, -0.15) is 4.98 Å². The number of para-hydroxylation sites is 2. The van der Waals surface area contributed by atoms with Crippen molar-refractivity contribution in [3.63, 3.8) is 0 Å². The molecular weight excluding hydrogens is 304 g/mol. The van der Waals surface area contributed by atoms with Gasteiger partial charge in [0, 0.05) is 17.0 Å². The molecule has 4 aromatic rings. The van der Waals surface area contributed by atoms with Gasteiger partial charge in [0.15, 0.2) is 0 Å². The fourth-order valence-corrected chi connectivity index (χ4v) is 2.66. The van der Waals surface area contributed by atoms with Crippen molar-refractivity contribution < 1.29 is 4.79 Å². The van der Waals surface area contributed by atoms with Gasteiger partial charge in [0.05, 0.1) is 16.7 Å². The number of fused-ring (bicyclic) bond motifs is 2. The molecule has 2 aromatic heterocycles. The predicted molar refractivity (Wildman–Crippen MR) is 92.1 cm³/mol. The smallest absolute Gasteiger partial charge is 0.319 e. The summed E-state index contributed by atoms with van der Waals surface area (Å²) in [5.41, 5.74) is 1.35. The van der Waals surface area contributed by atoms with E-state index in [1.807, 2.05) is 24.3 Å². The Labute approximate surface area is 136 Å². The Balaban J connectivity index is 1.81. The number of carbonyl (C=O) groups excluding carboxylic acids is 1. The molecule has 24 heavy (non-hydrogen) atoms. The summed E-state index contributed by atoms with van der Waals surface area (Å²) in [4.78, 5) is 35.1. The van der Waals surface area contributed by atoms with Crippen LogP contribution in [0.15, 0.2) is 65.6 Å². The Bertz CT molecular complexity index is 1130. The van der Waals surface area contributed by atoms with Crippen LogP contribution in [0.4, 0.5) is 5.69 Å². The van der Waals surface area contributed by atoms with E-state index in [1.54, 1.807) is 36.5 Å². The molecule has 6 heteroatoms. The first kappa shape index (κ1) is 14.1. The third-order valence-electron chi connectivity index (χ3n) is 3.73. The van der Waals surface area contributed by atoms with Gasteiger partial charge >= 0.3 is 5.69 Å². The van der Waals surface area contributed by atoms with Crippen LogP contribution in [0.5, 0.6) is 0 Å². The van der Waals surface area contributed by atoms with Gasteiger partial charge in [-0.3, -0.25) is 9.78 Å². The fraction of sp³-hybridized carbons (Fsp3) is 0. The average Bonchev–Trinajstić information content (AvgIpc) is 2.61. The average molecular weight is 316 g/mol. The largest absolute Gasteiger partial charge is 0.346 e. The van der Waals surface area contributed by atoms with E-state index in [0.29, 0.717) is 22.1 Å². The van der Waals surface area contributed by atoms with Crippen LogP contribution in [0.1, 0.15) is 10.5 Å². The van der Waals surface area contributed by atoms with E-state index in [4.69, 9.17) is 0 Å². The summed E-state index contributed by atoms with van der Waals surface area (Å²) in [6, 6.07) is 16.3. The summed E-state index contributed by atoms with van der Waals surface area (Å²) in [7, 11) is 0. The van der Waals surface area contributed by atoms with E-state index in [1.165, 1.54) is 0 Å². The molecule has 0 bridgehead atoms. The van der Waals surface area contributed by atoms with E-state index in [2.05, 4.69) is 20.3 Å². The van der Waals surface area contributed by atoms with Crippen molar-refractivity contribution in [1.82, 2.24) is 15.0 Å². The summed E-state index contributed by atoms with van der Waals surface area (Å²) in [6.45, 7) is 0. The van der Waals surface area contributed by atoms with E-state index in [0.717, 1.165) is 5.39 Å². The van der Waals surface area contributed by atoms with Crippen LogP contribution in [0.25, 0.3) is 21.8 Å². The number of benzene rings is 2. The molecule has 1 amide bonds. The zero-order valence-electron chi connectivity index (χ0n) is 12.5. The Morgan fingerprint density at radius 1 is 1.00 bits per heavy atom. The highest BCUT2D eigenvalue weighted by atomic mass is 16.2. The molecule has 0 unspecified atom stereocenters. The van der Waals surface area contributed by atoms with Crippen molar-refractivity contribution in [3.8, 4) is 0 Å². The third-order valence-corrected chi connectivity index (χ3v) is 3.73. The van der Waals surface area contributed by atoms with Gasteiger partial charge in [-0.05, 0) is 18.2 Å². The molecule has 2 aromatic carbocycles. The molecule has 4 rings (SSSR count). The number of hydrogen-bond acceptors (Lipinski definition) is 4. The molecule has 0 radical (unpaired) electrons. The first-order valence-electron chi connectivity index (χ1n) is 7.36. The molecule has 116 valence electrons. The van der Waals surface area contributed by atoms with Crippen LogP contribution in [0.3, 0.4) is 0 Å². The third kappa shape index (κ3) is 2.40. The van der Waals surface area contributed by atoms with E-state index < -0.39 is 11.6 Å². The van der Waals surface area contributed by atoms with Crippen molar-refractivity contribution >= 4 is 33.4 Å². The number of aromatic nitrogens is 3. The summed E-state index contributed by atoms with van der Waals surface area (Å²) in [5.74, 6) is -0.449. The van der Waals surface area contributed by atoms with E-state index in [-0.39, 0.29) is 5.69 Å². The highest BCUT2D eigenvalue weighted by molar-refractivity contribution is 6.12. The summed E-state index contributed by atoms with van der Waals surface area (Å²) in [6.07, 6.45) is 1.67. The second kappa shape index (κ2) is 5.58. The van der Waals surface area contributed by atoms with Crippen molar-refractivity contribution in [2.45, 2.75) is 0 Å². The summed E-state index contributed by atoms with van der Waals surface area (Å²) >= 11 is 0. The van der Waals surface area contributed by atoms with Gasteiger partial charge in [-0.1, -0.05) is 36.4 Å². The van der Waals surface area contributed by atoms with Gasteiger partial charge in [0.1, 0.15) is 5.69 Å². The van der Waals surface area contributed by atoms with Crippen LogP contribution < -0.4 is 11.0 Å². The molecule has 0 aliphatic carbocycles. The van der Waals surface area contributed by atoms with Crippen LogP contribution in [-0.4, -0.2) is 20.9 Å². The lowest BCUT2D eigenvalue weighted by atomic mass is 10.1. The van der Waals surface area contributed by atoms with Gasteiger partial charge in [0.2, 0.25) is 0 Å². The Hall–Kier alpha value is -3.54. The maximum Gasteiger partial charge on any atom is 0.346 e. The molecule has 0 aliphatic heterocycles. The summed E-state index contributed by atoms with van der Waals surface area (Å²) < 4.78 is 0. The van der Waals surface area contributed by atoms with Crippen molar-refractivity contribution in [2.75, 3.05) is 5.32 Å². The minimum atomic E-state index is -0.560. The number of amides is 1. The topological polar surface area (TPSA) is 87.7 Å². The number of nitrogens with zero attached hydrogens (tertiary/aromatic N) is 2. The minimum Gasteiger partial charge on any atom is -0.319 e. The molecule has 6 nitrogen and oxygen atoms in total. The number of carbonyl (C=O) groups is 1. The number of pyridine rings is 1. The van der Waals surface area contributed by atoms with Crippen LogP contribution >= 0.6 is 0 Å². The predicted octanol–water partition coefficient (Wildman–Crippen LogP) is 2.72. The lowest BCUT2D eigenvalue weighted by molar-refractivity contribution is 0.102. The highest BCUT2D eigenvalue weighted by Gasteiger charge is 2.15. The lowest BCUT2D eigenvalue weighted by Gasteiger charge is -2.09. The Kier molecular flexibility index (Phi) is 3.28. The van der Waals surface area contributed by atoms with E-state index in [9.17, 15) is 9.59 Å². The standard InChI is InChI=1S/C18H12N4O2/c23-17(16-12-7-1-2-8-13(12)21-18(24)22-16)20-14-9-3-5-11-6-4-10-19-15(11)14/h1-10H,(H,20,23)(H,21,22,24). The number of aromatic amines is 1. The van der Waals surface area contributed by atoms with Gasteiger partial charge in [-0.25, -0.2) is 4.79 Å². The van der Waals surface area contributed by atoms with Crippen molar-refractivity contribution in [1.29, 1.82) is 0 Å². The SMILES string of the molecule is O=C(Nc1cccc2cccnc12)c1nc(=O)[nH]c2ccccc12.